The Labute approximate surface area is 79.9 Å². The molecule has 1 aromatic carbocycles. The minimum Gasteiger partial charge on any atom is -0.132 e. The first-order valence-electron chi connectivity index (χ1n) is 4.29. The van der Waals surface area contributed by atoms with E-state index < -0.39 is 0 Å². The van der Waals surface area contributed by atoms with Crippen LogP contribution in [0.5, 0.6) is 0 Å². The van der Waals surface area contributed by atoms with E-state index >= 15 is 0 Å². The standard InChI is InChI=1S/C13H14/c1-4-11-13(3,5-2)12-9-7-6-8-10-12/h5-11H,1-2H2,3H3/t13-/m1/s1. The SMILES string of the molecule is C=C=C[C@@](C)(C=C)c1ccccc1. The van der Waals surface area contributed by atoms with E-state index in [4.69, 9.17) is 0 Å². The number of hydrogen-bond acceptors (Lipinski definition) is 0. The van der Waals surface area contributed by atoms with Gasteiger partial charge in [0, 0.05) is 5.41 Å². The van der Waals surface area contributed by atoms with Crippen LogP contribution in [0.25, 0.3) is 0 Å². The van der Waals surface area contributed by atoms with Gasteiger partial charge >= 0.3 is 0 Å². The number of rotatable bonds is 3. The maximum absolute atomic E-state index is 3.83. The average molecular weight is 170 g/mol. The van der Waals surface area contributed by atoms with Crippen molar-refractivity contribution in [3.8, 4) is 0 Å². The highest BCUT2D eigenvalue weighted by Gasteiger charge is 2.18. The van der Waals surface area contributed by atoms with Crippen molar-refractivity contribution in [2.45, 2.75) is 12.3 Å². The molecule has 0 aliphatic rings. The van der Waals surface area contributed by atoms with Crippen LogP contribution in [0, 0.1) is 0 Å². The molecule has 0 aliphatic carbocycles. The summed E-state index contributed by atoms with van der Waals surface area (Å²) >= 11 is 0. The quantitative estimate of drug-likeness (QED) is 0.481. The fraction of sp³-hybridized carbons (Fsp3) is 0.154. The molecule has 1 rings (SSSR count). The van der Waals surface area contributed by atoms with E-state index in [1.54, 1.807) is 0 Å². The van der Waals surface area contributed by atoms with Gasteiger partial charge in [0.15, 0.2) is 0 Å². The van der Waals surface area contributed by atoms with E-state index in [0.717, 1.165) is 0 Å². The zero-order valence-electron chi connectivity index (χ0n) is 7.96. The second kappa shape index (κ2) is 3.93. The monoisotopic (exact) mass is 170 g/mol. The van der Waals surface area contributed by atoms with Crippen LogP contribution in [-0.2, 0) is 5.41 Å². The molecule has 0 amide bonds. The highest BCUT2D eigenvalue weighted by atomic mass is 14.2. The van der Waals surface area contributed by atoms with Crippen LogP contribution in [-0.4, -0.2) is 0 Å². The molecule has 13 heavy (non-hydrogen) atoms. The summed E-state index contributed by atoms with van der Waals surface area (Å²) in [6, 6.07) is 10.2. The molecule has 1 aromatic rings. The smallest absolute Gasteiger partial charge is 0.0355 e. The molecule has 0 fully saturated rings. The van der Waals surface area contributed by atoms with Crippen molar-refractivity contribution >= 4 is 0 Å². The predicted molar refractivity (Wildman–Crippen MR) is 57.7 cm³/mol. The average Bonchev–Trinajstić information content (AvgIpc) is 2.19. The highest BCUT2D eigenvalue weighted by molar-refractivity contribution is 5.34. The van der Waals surface area contributed by atoms with E-state index in [2.05, 4.69) is 37.9 Å². The molecule has 0 radical (unpaired) electrons. The normalized spacial score (nSPS) is 13.9. The summed E-state index contributed by atoms with van der Waals surface area (Å²) in [7, 11) is 0. The van der Waals surface area contributed by atoms with Crippen LogP contribution < -0.4 is 0 Å². The first-order chi connectivity index (χ1) is 6.23. The van der Waals surface area contributed by atoms with Gasteiger partial charge in [-0.3, -0.25) is 0 Å². The van der Waals surface area contributed by atoms with E-state index in [9.17, 15) is 0 Å². The van der Waals surface area contributed by atoms with E-state index in [0.29, 0.717) is 0 Å². The molecule has 0 heteroatoms. The Balaban J connectivity index is 3.17. The number of benzene rings is 1. The van der Waals surface area contributed by atoms with Crippen molar-refractivity contribution < 1.29 is 0 Å². The molecular weight excluding hydrogens is 156 g/mol. The Bertz CT molecular complexity index is 328. The van der Waals surface area contributed by atoms with Crippen LogP contribution in [0.1, 0.15) is 12.5 Å². The third kappa shape index (κ3) is 1.99. The zero-order valence-corrected chi connectivity index (χ0v) is 7.96. The van der Waals surface area contributed by atoms with Gasteiger partial charge in [0.1, 0.15) is 0 Å². The third-order valence-corrected chi connectivity index (χ3v) is 2.22. The molecule has 0 N–H and O–H groups in total. The Morgan fingerprint density at radius 2 is 1.92 bits per heavy atom. The van der Waals surface area contributed by atoms with Gasteiger partial charge in [-0.1, -0.05) is 43.0 Å². The molecule has 0 unspecified atom stereocenters. The van der Waals surface area contributed by atoms with Crippen LogP contribution >= 0.6 is 0 Å². The number of allylic oxidation sites excluding steroid dienone is 2. The van der Waals surface area contributed by atoms with Crippen molar-refractivity contribution in [2.24, 2.45) is 0 Å². The topological polar surface area (TPSA) is 0 Å². The Hall–Kier alpha value is -1.52. The molecule has 1 atom stereocenters. The van der Waals surface area contributed by atoms with Gasteiger partial charge in [-0.05, 0) is 18.6 Å². The lowest BCUT2D eigenvalue weighted by atomic mass is 9.83. The van der Waals surface area contributed by atoms with Crippen molar-refractivity contribution in [2.75, 3.05) is 0 Å². The first kappa shape index (κ1) is 9.57. The maximum Gasteiger partial charge on any atom is 0.0355 e. The lowest BCUT2D eigenvalue weighted by Gasteiger charge is -2.20. The fourth-order valence-electron chi connectivity index (χ4n) is 1.27. The lowest BCUT2D eigenvalue weighted by Crippen LogP contribution is -2.14. The summed E-state index contributed by atoms with van der Waals surface area (Å²) < 4.78 is 0. The van der Waals surface area contributed by atoms with Crippen LogP contribution in [0.3, 0.4) is 0 Å². The van der Waals surface area contributed by atoms with Gasteiger partial charge in [-0.2, -0.15) is 0 Å². The zero-order chi connectivity index (χ0) is 9.73. The summed E-state index contributed by atoms with van der Waals surface area (Å²) in [4.78, 5) is 0. The molecule has 0 heterocycles. The minimum absolute atomic E-state index is 0.150. The molecule has 0 aromatic heterocycles. The van der Waals surface area contributed by atoms with Crippen LogP contribution in [0.4, 0.5) is 0 Å². The van der Waals surface area contributed by atoms with Gasteiger partial charge < -0.3 is 0 Å². The van der Waals surface area contributed by atoms with Crippen molar-refractivity contribution in [1.29, 1.82) is 0 Å². The summed E-state index contributed by atoms with van der Waals surface area (Å²) in [5.41, 5.74) is 3.87. The maximum atomic E-state index is 3.83. The van der Waals surface area contributed by atoms with Gasteiger partial charge in [0.05, 0.1) is 0 Å². The Morgan fingerprint density at radius 1 is 1.31 bits per heavy atom. The highest BCUT2D eigenvalue weighted by Crippen LogP contribution is 2.25. The summed E-state index contributed by atoms with van der Waals surface area (Å²) in [5.74, 6) is 0. The molecular formula is C13H14. The number of hydrogen-bond donors (Lipinski definition) is 0. The summed E-state index contributed by atoms with van der Waals surface area (Å²) in [6.45, 7) is 9.51. The predicted octanol–water partition coefficient (Wildman–Crippen LogP) is 3.47. The Morgan fingerprint density at radius 3 is 2.38 bits per heavy atom. The second-order valence-electron chi connectivity index (χ2n) is 3.20. The summed E-state index contributed by atoms with van der Waals surface area (Å²) in [6.07, 6.45) is 3.83. The molecule has 0 nitrogen and oxygen atoms in total. The summed E-state index contributed by atoms with van der Waals surface area (Å²) in [5, 5.41) is 0. The van der Waals surface area contributed by atoms with Crippen LogP contribution in [0.2, 0.25) is 0 Å². The lowest BCUT2D eigenvalue weighted by molar-refractivity contribution is 0.761. The van der Waals surface area contributed by atoms with E-state index in [1.807, 2.05) is 30.4 Å². The van der Waals surface area contributed by atoms with E-state index in [1.165, 1.54) is 5.56 Å². The van der Waals surface area contributed by atoms with Crippen LogP contribution in [0.15, 0.2) is 61.4 Å². The largest absolute Gasteiger partial charge is 0.132 e. The van der Waals surface area contributed by atoms with Crippen molar-refractivity contribution in [1.82, 2.24) is 0 Å². The first-order valence-corrected chi connectivity index (χ1v) is 4.29. The van der Waals surface area contributed by atoms with E-state index in [-0.39, 0.29) is 5.41 Å². The van der Waals surface area contributed by atoms with Crippen molar-refractivity contribution in [3.05, 3.63) is 66.9 Å². The van der Waals surface area contributed by atoms with Gasteiger partial charge in [-0.25, -0.2) is 0 Å². The molecule has 0 aliphatic heterocycles. The van der Waals surface area contributed by atoms with Crippen molar-refractivity contribution in [3.63, 3.8) is 0 Å². The third-order valence-electron chi connectivity index (χ3n) is 2.22. The molecule has 66 valence electrons. The molecule has 0 saturated carbocycles. The minimum atomic E-state index is -0.150. The Kier molecular flexibility index (Phi) is 2.89. The van der Waals surface area contributed by atoms with Gasteiger partial charge in [-0.15, -0.1) is 12.3 Å². The van der Waals surface area contributed by atoms with Gasteiger partial charge in [0.2, 0.25) is 0 Å². The molecule has 0 saturated heterocycles. The molecule has 0 spiro atoms. The fourth-order valence-corrected chi connectivity index (χ4v) is 1.27. The second-order valence-corrected chi connectivity index (χ2v) is 3.20. The van der Waals surface area contributed by atoms with Gasteiger partial charge in [0.25, 0.3) is 0 Å². The molecule has 0 bridgehead atoms.